The van der Waals surface area contributed by atoms with E-state index in [9.17, 15) is 0 Å². The fourth-order valence-corrected chi connectivity index (χ4v) is 2.26. The van der Waals surface area contributed by atoms with Crippen LogP contribution in [0.5, 0.6) is 0 Å². The normalized spacial score (nSPS) is 10.0. The van der Waals surface area contributed by atoms with Crippen molar-refractivity contribution in [2.24, 2.45) is 0 Å². The van der Waals surface area contributed by atoms with Gasteiger partial charge in [0, 0.05) is 25.0 Å². The fourth-order valence-electron chi connectivity index (χ4n) is 2.26. The van der Waals surface area contributed by atoms with E-state index in [-0.39, 0.29) is 0 Å². The van der Waals surface area contributed by atoms with Crippen molar-refractivity contribution in [1.29, 1.82) is 5.26 Å². The second-order valence-electron chi connectivity index (χ2n) is 5.04. The van der Waals surface area contributed by atoms with Gasteiger partial charge in [-0.3, -0.25) is 0 Å². The Kier molecular flexibility index (Phi) is 5.73. The van der Waals surface area contributed by atoms with E-state index in [0.717, 1.165) is 37.4 Å². The van der Waals surface area contributed by atoms with Gasteiger partial charge in [0.1, 0.15) is 5.82 Å². The average molecular weight is 295 g/mol. The van der Waals surface area contributed by atoms with Crippen molar-refractivity contribution in [3.8, 4) is 6.07 Å². The minimum atomic E-state index is 0.546. The molecular weight excluding hydrogens is 274 g/mol. The van der Waals surface area contributed by atoms with Crippen LogP contribution in [0.2, 0.25) is 0 Å². The Balaban J connectivity index is 2.18. The lowest BCUT2D eigenvalue weighted by molar-refractivity contribution is 0.733. The minimum absolute atomic E-state index is 0.546. The van der Waals surface area contributed by atoms with Gasteiger partial charge in [0.25, 0.3) is 0 Å². The first kappa shape index (κ1) is 15.8. The largest absolute Gasteiger partial charge is 0.356 e. The first-order chi connectivity index (χ1) is 10.8. The maximum Gasteiger partial charge on any atom is 0.229 e. The molecule has 0 saturated heterocycles. The van der Waals surface area contributed by atoms with E-state index < -0.39 is 0 Å². The topological polar surface area (TPSA) is 64.8 Å². The van der Waals surface area contributed by atoms with Gasteiger partial charge < -0.3 is 10.2 Å². The lowest BCUT2D eigenvalue weighted by Crippen LogP contribution is -2.26. The molecule has 2 rings (SSSR count). The number of hydrogen-bond donors (Lipinski definition) is 1. The van der Waals surface area contributed by atoms with Gasteiger partial charge in [-0.05, 0) is 37.1 Å². The van der Waals surface area contributed by atoms with Crippen molar-refractivity contribution in [2.75, 3.05) is 23.3 Å². The van der Waals surface area contributed by atoms with E-state index in [0.29, 0.717) is 11.5 Å². The molecule has 0 aliphatic carbocycles. The molecule has 22 heavy (non-hydrogen) atoms. The Morgan fingerprint density at radius 3 is 2.64 bits per heavy atom. The molecule has 0 spiro atoms. The molecule has 0 unspecified atom stereocenters. The molecule has 0 saturated carbocycles. The molecule has 0 atom stereocenters. The fraction of sp³-hybridized carbons (Fsp3) is 0.353. The van der Waals surface area contributed by atoms with Gasteiger partial charge in [-0.2, -0.15) is 10.2 Å². The van der Waals surface area contributed by atoms with E-state index in [4.69, 9.17) is 5.26 Å². The highest BCUT2D eigenvalue weighted by Crippen LogP contribution is 2.17. The van der Waals surface area contributed by atoms with Crippen molar-refractivity contribution in [3.63, 3.8) is 0 Å². The van der Waals surface area contributed by atoms with Crippen LogP contribution in [0.4, 0.5) is 17.5 Å². The van der Waals surface area contributed by atoms with E-state index in [1.54, 1.807) is 18.3 Å². The predicted octanol–water partition coefficient (Wildman–Crippen LogP) is 3.72. The molecule has 1 N–H and O–H groups in total. The summed E-state index contributed by atoms with van der Waals surface area (Å²) in [7, 11) is 0. The zero-order valence-electron chi connectivity index (χ0n) is 13.1. The van der Waals surface area contributed by atoms with E-state index in [2.05, 4.69) is 40.1 Å². The second-order valence-corrected chi connectivity index (χ2v) is 5.04. The van der Waals surface area contributed by atoms with Crippen molar-refractivity contribution in [2.45, 2.75) is 26.7 Å². The zero-order valence-corrected chi connectivity index (χ0v) is 13.1. The molecule has 0 fully saturated rings. The standard InChI is InChI=1S/C17H21N5/c1-3-10-22(11-4-2)16-8-9-19-17(21-16)20-15-7-5-6-14(12-15)13-18/h5-9,12H,3-4,10-11H2,1-2H3,(H,19,20,21). The number of anilines is 3. The van der Waals surface area contributed by atoms with Gasteiger partial charge in [0.05, 0.1) is 11.6 Å². The molecule has 0 amide bonds. The van der Waals surface area contributed by atoms with Crippen LogP contribution in [-0.4, -0.2) is 23.1 Å². The molecule has 5 heteroatoms. The van der Waals surface area contributed by atoms with Crippen LogP contribution < -0.4 is 10.2 Å². The van der Waals surface area contributed by atoms with Crippen LogP contribution in [-0.2, 0) is 0 Å². The number of rotatable bonds is 7. The lowest BCUT2D eigenvalue weighted by Gasteiger charge is -2.22. The van der Waals surface area contributed by atoms with Crippen LogP contribution in [0.1, 0.15) is 32.3 Å². The third-order valence-electron chi connectivity index (χ3n) is 3.20. The minimum Gasteiger partial charge on any atom is -0.356 e. The second kappa shape index (κ2) is 7.99. The van der Waals surface area contributed by atoms with E-state index in [1.165, 1.54) is 0 Å². The van der Waals surface area contributed by atoms with E-state index >= 15 is 0 Å². The summed E-state index contributed by atoms with van der Waals surface area (Å²) in [5.74, 6) is 1.47. The number of nitriles is 1. The summed E-state index contributed by atoms with van der Waals surface area (Å²) in [5.41, 5.74) is 1.42. The highest BCUT2D eigenvalue weighted by atomic mass is 15.2. The molecule has 1 aromatic heterocycles. The van der Waals surface area contributed by atoms with Crippen molar-refractivity contribution >= 4 is 17.5 Å². The zero-order chi connectivity index (χ0) is 15.8. The molecule has 0 aliphatic heterocycles. The highest BCUT2D eigenvalue weighted by Gasteiger charge is 2.07. The number of nitrogens with one attached hydrogen (secondary N) is 1. The first-order valence-corrected chi connectivity index (χ1v) is 7.62. The SMILES string of the molecule is CCCN(CCC)c1ccnc(Nc2cccc(C#N)c2)n1. The predicted molar refractivity (Wildman–Crippen MR) is 89.3 cm³/mol. The third kappa shape index (κ3) is 4.19. The molecule has 1 aromatic carbocycles. The first-order valence-electron chi connectivity index (χ1n) is 7.62. The highest BCUT2D eigenvalue weighted by molar-refractivity contribution is 5.57. The van der Waals surface area contributed by atoms with Crippen molar-refractivity contribution in [3.05, 3.63) is 42.1 Å². The summed E-state index contributed by atoms with van der Waals surface area (Å²) in [6, 6.07) is 11.3. The summed E-state index contributed by atoms with van der Waals surface area (Å²) >= 11 is 0. The monoisotopic (exact) mass is 295 g/mol. The molecule has 0 aliphatic rings. The maximum absolute atomic E-state index is 8.95. The van der Waals surface area contributed by atoms with Gasteiger partial charge in [-0.25, -0.2) is 4.98 Å². The summed E-state index contributed by atoms with van der Waals surface area (Å²) in [6.07, 6.45) is 3.92. The number of hydrogen-bond acceptors (Lipinski definition) is 5. The summed E-state index contributed by atoms with van der Waals surface area (Å²) in [6.45, 7) is 6.29. The van der Waals surface area contributed by atoms with Gasteiger partial charge in [-0.1, -0.05) is 19.9 Å². The van der Waals surface area contributed by atoms with Crippen LogP contribution in [0.15, 0.2) is 36.5 Å². The van der Waals surface area contributed by atoms with E-state index in [1.807, 2.05) is 18.2 Å². The number of nitrogens with zero attached hydrogens (tertiary/aromatic N) is 4. The third-order valence-corrected chi connectivity index (χ3v) is 3.20. The molecule has 5 nitrogen and oxygen atoms in total. The Labute approximate surface area is 131 Å². The lowest BCUT2D eigenvalue weighted by atomic mass is 10.2. The van der Waals surface area contributed by atoms with Gasteiger partial charge in [0.15, 0.2) is 0 Å². The summed E-state index contributed by atoms with van der Waals surface area (Å²) in [4.78, 5) is 11.1. The molecule has 0 radical (unpaired) electrons. The van der Waals surface area contributed by atoms with Crippen LogP contribution in [0.3, 0.4) is 0 Å². The molecular formula is C17H21N5. The van der Waals surface area contributed by atoms with Crippen LogP contribution >= 0.6 is 0 Å². The Morgan fingerprint density at radius 1 is 1.18 bits per heavy atom. The molecule has 0 bridgehead atoms. The van der Waals surface area contributed by atoms with Crippen molar-refractivity contribution < 1.29 is 0 Å². The Hall–Kier alpha value is -2.61. The molecule has 1 heterocycles. The van der Waals surface area contributed by atoms with Gasteiger partial charge in [0.2, 0.25) is 5.95 Å². The quantitative estimate of drug-likeness (QED) is 0.843. The molecule has 2 aromatic rings. The molecule has 114 valence electrons. The average Bonchev–Trinajstić information content (AvgIpc) is 2.55. The maximum atomic E-state index is 8.95. The van der Waals surface area contributed by atoms with Crippen molar-refractivity contribution in [1.82, 2.24) is 9.97 Å². The van der Waals surface area contributed by atoms with Gasteiger partial charge in [-0.15, -0.1) is 0 Å². The summed E-state index contributed by atoms with van der Waals surface area (Å²) < 4.78 is 0. The number of aromatic nitrogens is 2. The van der Waals surface area contributed by atoms with Crippen LogP contribution in [0.25, 0.3) is 0 Å². The smallest absolute Gasteiger partial charge is 0.229 e. The Morgan fingerprint density at radius 2 is 1.95 bits per heavy atom. The Bertz CT molecular complexity index is 641. The number of benzene rings is 1. The van der Waals surface area contributed by atoms with Crippen LogP contribution in [0, 0.1) is 11.3 Å². The van der Waals surface area contributed by atoms with Gasteiger partial charge >= 0.3 is 0 Å². The summed E-state index contributed by atoms with van der Waals surface area (Å²) in [5, 5.41) is 12.1.